The van der Waals surface area contributed by atoms with Gasteiger partial charge in [0.1, 0.15) is 6.29 Å². The van der Waals surface area contributed by atoms with Crippen molar-refractivity contribution in [3.63, 3.8) is 0 Å². The number of nitrogens with zero attached hydrogens (tertiary/aromatic N) is 1. The molecule has 0 amide bonds. The van der Waals surface area contributed by atoms with Crippen molar-refractivity contribution in [2.24, 2.45) is 0 Å². The van der Waals surface area contributed by atoms with Crippen molar-refractivity contribution in [2.45, 2.75) is 40.0 Å². The topological polar surface area (TPSA) is 20.3 Å². The predicted octanol–water partition coefficient (Wildman–Crippen LogP) is 2.33. The highest BCUT2D eigenvalue weighted by Crippen LogP contribution is 2.04. The van der Waals surface area contributed by atoms with E-state index in [1.807, 2.05) is 13.8 Å². The predicted molar refractivity (Wildman–Crippen MR) is 54.4 cm³/mol. The van der Waals surface area contributed by atoms with Crippen LogP contribution in [0.25, 0.3) is 0 Å². The fourth-order valence-corrected chi connectivity index (χ4v) is 1.05. The molecule has 0 N–H and O–H groups in total. The van der Waals surface area contributed by atoms with Crippen LogP contribution in [0.3, 0.4) is 0 Å². The highest BCUT2D eigenvalue weighted by Gasteiger charge is 2.02. The minimum absolute atomic E-state index is 0.750. The zero-order valence-electron chi connectivity index (χ0n) is 8.97. The Morgan fingerprint density at radius 3 is 1.58 bits per heavy atom. The third-order valence-electron chi connectivity index (χ3n) is 1.58. The third-order valence-corrected chi connectivity index (χ3v) is 1.58. The molecule has 12 heavy (non-hydrogen) atoms. The summed E-state index contributed by atoms with van der Waals surface area (Å²) >= 11 is 0. The van der Waals surface area contributed by atoms with Gasteiger partial charge in [0, 0.05) is 0 Å². The zero-order valence-corrected chi connectivity index (χ0v) is 8.97. The van der Waals surface area contributed by atoms with E-state index >= 15 is 0 Å². The minimum Gasteiger partial charge on any atom is -0.306 e. The van der Waals surface area contributed by atoms with Crippen LogP contribution in [0.1, 0.15) is 40.0 Å². The highest BCUT2D eigenvalue weighted by molar-refractivity contribution is 5.44. The van der Waals surface area contributed by atoms with Gasteiger partial charge < -0.3 is 9.69 Å². The molecule has 0 saturated carbocycles. The number of rotatable bonds is 0. The number of likely N-dealkylation sites (tertiary alicyclic amines) is 1. The fraction of sp³-hybridized carbons (Fsp3) is 0.900. The molecule has 2 heteroatoms. The van der Waals surface area contributed by atoms with Gasteiger partial charge in [-0.2, -0.15) is 0 Å². The Labute approximate surface area is 77.0 Å². The van der Waals surface area contributed by atoms with Gasteiger partial charge >= 0.3 is 0 Å². The maximum Gasteiger partial charge on any atom is 0.116 e. The highest BCUT2D eigenvalue weighted by atomic mass is 16.1. The van der Waals surface area contributed by atoms with Gasteiger partial charge in [-0.25, -0.2) is 0 Å². The Bertz CT molecular complexity index is 77.9. The van der Waals surface area contributed by atoms with E-state index in [1.54, 1.807) is 0 Å². The van der Waals surface area contributed by atoms with E-state index in [0.717, 1.165) is 6.29 Å². The lowest BCUT2D eigenvalue weighted by atomic mass is 10.1. The van der Waals surface area contributed by atoms with Crippen molar-refractivity contribution >= 4 is 6.29 Å². The molecule has 0 spiro atoms. The molecule has 1 rings (SSSR count). The van der Waals surface area contributed by atoms with Gasteiger partial charge in [0.15, 0.2) is 0 Å². The van der Waals surface area contributed by atoms with Crippen LogP contribution in [0, 0.1) is 0 Å². The van der Waals surface area contributed by atoms with Crippen LogP contribution < -0.4 is 0 Å². The maximum atomic E-state index is 8.81. The van der Waals surface area contributed by atoms with Gasteiger partial charge in [-0.3, -0.25) is 0 Å². The summed E-state index contributed by atoms with van der Waals surface area (Å²) in [5, 5.41) is 0. The molecule has 1 aliphatic heterocycles. The van der Waals surface area contributed by atoms with Gasteiger partial charge in [-0.15, -0.1) is 0 Å². The molecule has 0 unspecified atom stereocenters. The van der Waals surface area contributed by atoms with E-state index in [9.17, 15) is 0 Å². The first kappa shape index (κ1) is 14.2. The van der Waals surface area contributed by atoms with Crippen LogP contribution >= 0.6 is 0 Å². The molecule has 0 aromatic rings. The first-order valence-electron chi connectivity index (χ1n) is 4.89. The summed E-state index contributed by atoms with van der Waals surface area (Å²) in [6, 6.07) is 0. The summed E-state index contributed by atoms with van der Waals surface area (Å²) in [6.07, 6.45) is 5.03. The fourth-order valence-electron chi connectivity index (χ4n) is 1.05. The largest absolute Gasteiger partial charge is 0.306 e. The van der Waals surface area contributed by atoms with Crippen molar-refractivity contribution in [3.8, 4) is 0 Å². The number of piperidine rings is 1. The molecule has 0 atom stereocenters. The minimum atomic E-state index is 0.750. The molecule has 0 radical (unpaired) electrons. The second kappa shape index (κ2) is 13.2. The summed E-state index contributed by atoms with van der Waals surface area (Å²) in [6.45, 7) is 8.08. The van der Waals surface area contributed by atoms with E-state index in [0.29, 0.717) is 0 Å². The van der Waals surface area contributed by atoms with Gasteiger partial charge in [-0.05, 0) is 39.9 Å². The van der Waals surface area contributed by atoms with Crippen molar-refractivity contribution < 1.29 is 4.79 Å². The number of carbonyl (C=O) groups is 1. The van der Waals surface area contributed by atoms with Gasteiger partial charge in [0.25, 0.3) is 0 Å². The maximum absolute atomic E-state index is 8.81. The van der Waals surface area contributed by atoms with Gasteiger partial charge in [0.2, 0.25) is 0 Å². The van der Waals surface area contributed by atoms with Crippen molar-refractivity contribution in [1.82, 2.24) is 4.90 Å². The summed E-state index contributed by atoms with van der Waals surface area (Å²) < 4.78 is 0. The number of carbonyl (C=O) groups excluding carboxylic acids is 1. The standard InChI is InChI=1S/C6H13N.C2H4O.C2H6/c1-7-5-3-2-4-6-7;1-2-3;1-2/h2-6H2,1H3;2H,1H3;1-2H3. The summed E-state index contributed by atoms with van der Waals surface area (Å²) in [5.74, 6) is 0. The van der Waals surface area contributed by atoms with Crippen LogP contribution in [0.4, 0.5) is 0 Å². The van der Waals surface area contributed by atoms with Crippen LogP contribution in [0.5, 0.6) is 0 Å². The van der Waals surface area contributed by atoms with E-state index in [1.165, 1.54) is 39.3 Å². The molecular formula is C10H23NO. The van der Waals surface area contributed by atoms with E-state index in [-0.39, 0.29) is 0 Å². The molecule has 0 aromatic heterocycles. The Kier molecular flexibility index (Phi) is 15.6. The van der Waals surface area contributed by atoms with E-state index in [2.05, 4.69) is 11.9 Å². The molecule has 1 fully saturated rings. The lowest BCUT2D eigenvalue weighted by Gasteiger charge is -2.20. The monoisotopic (exact) mass is 173 g/mol. The van der Waals surface area contributed by atoms with Crippen molar-refractivity contribution in [1.29, 1.82) is 0 Å². The number of aldehydes is 1. The first-order valence-corrected chi connectivity index (χ1v) is 4.89. The lowest BCUT2D eigenvalue weighted by molar-refractivity contribution is -0.106. The molecule has 2 nitrogen and oxygen atoms in total. The summed E-state index contributed by atoms with van der Waals surface area (Å²) in [5.41, 5.74) is 0. The van der Waals surface area contributed by atoms with Crippen molar-refractivity contribution in [2.75, 3.05) is 20.1 Å². The van der Waals surface area contributed by atoms with Gasteiger partial charge in [0.05, 0.1) is 0 Å². The summed E-state index contributed by atoms with van der Waals surface area (Å²) in [7, 11) is 2.19. The van der Waals surface area contributed by atoms with Crippen LogP contribution in [0.15, 0.2) is 0 Å². The van der Waals surface area contributed by atoms with Crippen LogP contribution in [-0.2, 0) is 4.79 Å². The zero-order chi connectivity index (χ0) is 9.82. The Morgan fingerprint density at radius 2 is 1.42 bits per heavy atom. The molecule has 74 valence electrons. The Morgan fingerprint density at radius 1 is 1.08 bits per heavy atom. The normalized spacial score (nSPS) is 16.3. The van der Waals surface area contributed by atoms with Crippen LogP contribution in [-0.4, -0.2) is 31.3 Å². The molecular weight excluding hydrogens is 150 g/mol. The molecule has 0 bridgehead atoms. The second-order valence-corrected chi connectivity index (χ2v) is 2.60. The SMILES string of the molecule is CC.CC=O.CN1CCCCC1. The second-order valence-electron chi connectivity index (χ2n) is 2.60. The van der Waals surface area contributed by atoms with E-state index < -0.39 is 0 Å². The van der Waals surface area contributed by atoms with Gasteiger partial charge in [-0.1, -0.05) is 20.3 Å². The molecule has 1 aliphatic rings. The quantitative estimate of drug-likeness (QED) is 0.524. The van der Waals surface area contributed by atoms with Crippen molar-refractivity contribution in [3.05, 3.63) is 0 Å². The number of hydrogen-bond acceptors (Lipinski definition) is 2. The smallest absolute Gasteiger partial charge is 0.116 e. The average Bonchev–Trinajstić information content (AvgIpc) is 2.11. The molecule has 0 aliphatic carbocycles. The number of hydrogen-bond donors (Lipinski definition) is 0. The summed E-state index contributed by atoms with van der Waals surface area (Å²) in [4.78, 5) is 11.2. The molecule has 1 saturated heterocycles. The average molecular weight is 173 g/mol. The Balaban J connectivity index is 0. The van der Waals surface area contributed by atoms with E-state index in [4.69, 9.17) is 4.79 Å². The molecule has 0 aromatic carbocycles. The molecule has 1 heterocycles. The third kappa shape index (κ3) is 12.3. The Hall–Kier alpha value is -0.370. The lowest BCUT2D eigenvalue weighted by Crippen LogP contribution is -2.24. The van der Waals surface area contributed by atoms with Crippen LogP contribution in [0.2, 0.25) is 0 Å². The first-order chi connectivity index (χ1) is 5.81.